The molecule has 0 unspecified atom stereocenters. The number of hydrogen-bond acceptors (Lipinski definition) is 2. The number of phenols is 1. The molecule has 0 spiro atoms. The second-order valence-corrected chi connectivity index (χ2v) is 4.98. The van der Waals surface area contributed by atoms with Gasteiger partial charge in [0, 0.05) is 16.7 Å². The highest BCUT2D eigenvalue weighted by Gasteiger charge is 2.22. The van der Waals surface area contributed by atoms with Gasteiger partial charge in [0.25, 0.3) is 0 Å². The van der Waals surface area contributed by atoms with Gasteiger partial charge in [-0.3, -0.25) is 4.79 Å². The van der Waals surface area contributed by atoms with Crippen molar-refractivity contribution in [3.05, 3.63) is 70.3 Å². The van der Waals surface area contributed by atoms with E-state index in [0.29, 0.717) is 24.0 Å². The summed E-state index contributed by atoms with van der Waals surface area (Å²) in [5.74, 6) is -1.97. The molecule has 0 atom stereocenters. The highest BCUT2D eigenvalue weighted by Crippen LogP contribution is 2.29. The Labute approximate surface area is 120 Å². The number of phenolic OH excluding ortho intramolecular Hbond substituents is 1. The molecule has 2 aromatic carbocycles. The Kier molecular flexibility index (Phi) is 3.29. The lowest BCUT2D eigenvalue weighted by molar-refractivity contribution is 0.102. The number of allylic oxidation sites excluding steroid dienone is 1. The number of carbonyl (C=O) groups excluding carboxylic acids is 1. The monoisotopic (exact) mass is 286 g/mol. The first-order chi connectivity index (χ1) is 10.1. The van der Waals surface area contributed by atoms with E-state index in [-0.39, 0.29) is 17.1 Å². The van der Waals surface area contributed by atoms with Crippen LogP contribution in [-0.4, -0.2) is 10.9 Å². The number of carbonyl (C=O) groups is 1. The molecule has 0 saturated carbocycles. The molecule has 106 valence electrons. The first-order valence-electron chi connectivity index (χ1n) is 6.57. The maximum atomic E-state index is 13.7. The molecule has 1 aliphatic rings. The second kappa shape index (κ2) is 5.13. The molecular weight excluding hydrogens is 274 g/mol. The van der Waals surface area contributed by atoms with Crippen molar-refractivity contribution in [2.24, 2.45) is 0 Å². The van der Waals surface area contributed by atoms with E-state index >= 15 is 0 Å². The normalized spacial score (nSPS) is 16.1. The lowest BCUT2D eigenvalue weighted by Gasteiger charge is -2.17. The van der Waals surface area contributed by atoms with Gasteiger partial charge in [-0.1, -0.05) is 12.1 Å². The fraction of sp³-hybridized carbons (Fsp3) is 0.118. The molecule has 0 radical (unpaired) electrons. The first-order valence-corrected chi connectivity index (χ1v) is 6.57. The van der Waals surface area contributed by atoms with E-state index in [2.05, 4.69) is 0 Å². The number of aryl methyl sites for hydroxylation is 1. The lowest BCUT2D eigenvalue weighted by atomic mass is 9.86. The zero-order valence-electron chi connectivity index (χ0n) is 11.1. The molecule has 0 aromatic heterocycles. The van der Waals surface area contributed by atoms with Crippen molar-refractivity contribution in [3.8, 4) is 5.75 Å². The standard InChI is InChI=1S/C17H12F2O2/c18-15-3-1-2-11(16(15)19)8-12-5-4-10-9-13(20)6-7-14(10)17(12)21/h1-3,6-9,20H,4-5H2/b12-8+. The molecule has 3 rings (SSSR count). The summed E-state index contributed by atoms with van der Waals surface area (Å²) in [5.41, 5.74) is 1.79. The van der Waals surface area contributed by atoms with Crippen molar-refractivity contribution in [1.29, 1.82) is 0 Å². The van der Waals surface area contributed by atoms with Gasteiger partial charge in [-0.25, -0.2) is 8.78 Å². The molecule has 0 fully saturated rings. The van der Waals surface area contributed by atoms with Gasteiger partial charge in [0.05, 0.1) is 0 Å². The fourth-order valence-electron chi connectivity index (χ4n) is 2.52. The summed E-state index contributed by atoms with van der Waals surface area (Å²) in [6, 6.07) is 8.45. The molecule has 0 saturated heterocycles. The maximum Gasteiger partial charge on any atom is 0.189 e. The van der Waals surface area contributed by atoms with Crippen LogP contribution in [0.1, 0.15) is 27.9 Å². The summed E-state index contributed by atoms with van der Waals surface area (Å²) in [5, 5.41) is 9.43. The highest BCUT2D eigenvalue weighted by atomic mass is 19.2. The van der Waals surface area contributed by atoms with E-state index in [4.69, 9.17) is 0 Å². The first kappa shape index (κ1) is 13.5. The number of fused-ring (bicyclic) bond motifs is 1. The van der Waals surface area contributed by atoms with Crippen LogP contribution in [0.5, 0.6) is 5.75 Å². The lowest BCUT2D eigenvalue weighted by Crippen LogP contribution is -2.14. The molecule has 0 aliphatic heterocycles. The largest absolute Gasteiger partial charge is 0.508 e. The molecule has 21 heavy (non-hydrogen) atoms. The Morgan fingerprint density at radius 1 is 1.10 bits per heavy atom. The van der Waals surface area contributed by atoms with Gasteiger partial charge in [0.15, 0.2) is 17.4 Å². The summed E-state index contributed by atoms with van der Waals surface area (Å²) in [6.07, 6.45) is 2.42. The number of aromatic hydroxyl groups is 1. The minimum atomic E-state index is -0.950. The molecule has 0 heterocycles. The van der Waals surface area contributed by atoms with E-state index in [1.807, 2.05) is 0 Å². The van der Waals surface area contributed by atoms with Crippen LogP contribution < -0.4 is 0 Å². The number of hydrogen-bond donors (Lipinski definition) is 1. The minimum absolute atomic E-state index is 0.0700. The predicted octanol–water partition coefficient (Wildman–Crippen LogP) is 3.88. The van der Waals surface area contributed by atoms with Crippen molar-refractivity contribution in [3.63, 3.8) is 0 Å². The van der Waals surface area contributed by atoms with Gasteiger partial charge in [-0.2, -0.15) is 0 Å². The van der Waals surface area contributed by atoms with Gasteiger partial charge >= 0.3 is 0 Å². The van der Waals surface area contributed by atoms with E-state index in [1.54, 1.807) is 12.1 Å². The number of ketones is 1. The third kappa shape index (κ3) is 2.44. The topological polar surface area (TPSA) is 37.3 Å². The van der Waals surface area contributed by atoms with Crippen molar-refractivity contribution in [2.45, 2.75) is 12.8 Å². The van der Waals surface area contributed by atoms with E-state index in [9.17, 15) is 18.7 Å². The van der Waals surface area contributed by atoms with E-state index in [0.717, 1.165) is 11.6 Å². The summed E-state index contributed by atoms with van der Waals surface area (Å²) >= 11 is 0. The zero-order valence-corrected chi connectivity index (χ0v) is 11.1. The molecule has 0 bridgehead atoms. The number of benzene rings is 2. The Balaban J connectivity index is 2.02. The van der Waals surface area contributed by atoms with E-state index in [1.165, 1.54) is 24.3 Å². The third-order valence-electron chi connectivity index (χ3n) is 3.60. The molecule has 4 heteroatoms. The summed E-state index contributed by atoms with van der Waals surface area (Å²) < 4.78 is 26.9. The van der Waals surface area contributed by atoms with Crippen molar-refractivity contribution in [2.75, 3.05) is 0 Å². The van der Waals surface area contributed by atoms with Crippen molar-refractivity contribution in [1.82, 2.24) is 0 Å². The molecule has 1 N–H and O–H groups in total. The Bertz CT molecular complexity index is 763. The molecule has 1 aliphatic carbocycles. The van der Waals surface area contributed by atoms with Crippen LogP contribution in [0.3, 0.4) is 0 Å². The van der Waals surface area contributed by atoms with Gasteiger partial charge in [-0.15, -0.1) is 0 Å². The van der Waals surface area contributed by atoms with Crippen LogP contribution in [0.25, 0.3) is 6.08 Å². The molecule has 2 nitrogen and oxygen atoms in total. The average Bonchev–Trinajstić information content (AvgIpc) is 2.46. The second-order valence-electron chi connectivity index (χ2n) is 4.98. The van der Waals surface area contributed by atoms with Crippen LogP contribution in [0.15, 0.2) is 42.0 Å². The zero-order chi connectivity index (χ0) is 15.0. The third-order valence-corrected chi connectivity index (χ3v) is 3.60. The maximum absolute atomic E-state index is 13.7. The number of rotatable bonds is 1. The molecule has 0 amide bonds. The predicted molar refractivity (Wildman–Crippen MR) is 75.1 cm³/mol. The van der Waals surface area contributed by atoms with Crippen molar-refractivity contribution >= 4 is 11.9 Å². The van der Waals surface area contributed by atoms with Crippen LogP contribution >= 0.6 is 0 Å². The fourth-order valence-corrected chi connectivity index (χ4v) is 2.52. The van der Waals surface area contributed by atoms with Gasteiger partial charge in [0.1, 0.15) is 5.75 Å². The highest BCUT2D eigenvalue weighted by molar-refractivity contribution is 6.13. The Morgan fingerprint density at radius 2 is 1.90 bits per heavy atom. The minimum Gasteiger partial charge on any atom is -0.508 e. The smallest absolute Gasteiger partial charge is 0.189 e. The number of Topliss-reactive ketones (excluding diaryl/α,β-unsaturated/α-hetero) is 1. The summed E-state index contributed by atoms with van der Waals surface area (Å²) in [4.78, 5) is 12.4. The average molecular weight is 286 g/mol. The molecular formula is C17H12F2O2. The Hall–Kier alpha value is -2.49. The Morgan fingerprint density at radius 3 is 2.71 bits per heavy atom. The van der Waals surface area contributed by atoms with Crippen LogP contribution in [0, 0.1) is 11.6 Å². The summed E-state index contributed by atoms with van der Waals surface area (Å²) in [7, 11) is 0. The van der Waals surface area contributed by atoms with Crippen LogP contribution in [0.2, 0.25) is 0 Å². The van der Waals surface area contributed by atoms with E-state index < -0.39 is 11.6 Å². The quantitative estimate of drug-likeness (QED) is 0.808. The number of halogens is 2. The molecule has 2 aromatic rings. The van der Waals surface area contributed by atoms with Gasteiger partial charge < -0.3 is 5.11 Å². The summed E-state index contributed by atoms with van der Waals surface area (Å²) in [6.45, 7) is 0. The van der Waals surface area contributed by atoms with Crippen LogP contribution in [-0.2, 0) is 6.42 Å². The van der Waals surface area contributed by atoms with Crippen LogP contribution in [0.4, 0.5) is 8.78 Å². The van der Waals surface area contributed by atoms with Crippen molar-refractivity contribution < 1.29 is 18.7 Å². The SMILES string of the molecule is O=C1/C(=C/c2cccc(F)c2F)CCc2cc(O)ccc21. The van der Waals surface area contributed by atoms with Gasteiger partial charge in [0.2, 0.25) is 0 Å². The van der Waals surface area contributed by atoms with Gasteiger partial charge in [-0.05, 0) is 48.7 Å².